The van der Waals surface area contributed by atoms with E-state index < -0.39 is 0 Å². The van der Waals surface area contributed by atoms with Crippen molar-refractivity contribution < 1.29 is 4.79 Å². The first kappa shape index (κ1) is 10.5. The van der Waals surface area contributed by atoms with E-state index in [4.69, 9.17) is 23.2 Å². The van der Waals surface area contributed by atoms with Gasteiger partial charge in [0, 0.05) is 29.3 Å². The molecule has 0 aliphatic heterocycles. The van der Waals surface area contributed by atoms with Gasteiger partial charge in [0.1, 0.15) is 5.78 Å². The first-order valence-electron chi connectivity index (χ1n) is 5.13. The third-order valence-corrected chi connectivity index (χ3v) is 4.40. The van der Waals surface area contributed by atoms with Crippen LogP contribution in [-0.2, 0) is 4.79 Å². The normalized spacial score (nSPS) is 31.7. The Bertz CT molecular complexity index is 279. The lowest BCUT2D eigenvalue weighted by atomic mass is 9.58. The van der Waals surface area contributed by atoms with Crippen LogP contribution in [0.5, 0.6) is 0 Å². The minimum atomic E-state index is 0.190. The van der Waals surface area contributed by atoms with Crippen LogP contribution in [0.1, 0.15) is 38.5 Å². The van der Waals surface area contributed by atoms with Crippen LogP contribution in [0.2, 0.25) is 0 Å². The van der Waals surface area contributed by atoms with Gasteiger partial charge < -0.3 is 0 Å². The molecule has 0 radical (unpaired) electrons. The second kappa shape index (κ2) is 3.86. The molecule has 2 rings (SSSR count). The molecule has 78 valence electrons. The Morgan fingerprint density at radius 2 is 2.21 bits per heavy atom. The molecule has 1 spiro atoms. The van der Waals surface area contributed by atoms with E-state index in [1.807, 2.05) is 0 Å². The van der Waals surface area contributed by atoms with Gasteiger partial charge >= 0.3 is 0 Å². The average molecular weight is 233 g/mol. The van der Waals surface area contributed by atoms with Gasteiger partial charge in [-0.05, 0) is 24.7 Å². The second-order valence-corrected chi connectivity index (χ2v) is 5.32. The highest BCUT2D eigenvalue weighted by Crippen LogP contribution is 2.53. The smallest absolute Gasteiger partial charge is 0.134 e. The first-order valence-corrected chi connectivity index (χ1v) is 5.94. The molecule has 1 atom stereocenters. The Hall–Kier alpha value is -0.0100. The summed E-state index contributed by atoms with van der Waals surface area (Å²) < 4.78 is 0. The zero-order chi connectivity index (χ0) is 10.2. The summed E-state index contributed by atoms with van der Waals surface area (Å²) in [4.78, 5) is 11.6. The topological polar surface area (TPSA) is 17.1 Å². The Labute approximate surface area is 94.5 Å². The number of carbonyl (C=O) groups is 1. The summed E-state index contributed by atoms with van der Waals surface area (Å²) in [6.45, 7) is 0. The Morgan fingerprint density at radius 3 is 2.71 bits per heavy atom. The SMILES string of the molecule is O=C1CC(/C(Cl)=C/Cl)CC2(CCC2)C1. The summed E-state index contributed by atoms with van der Waals surface area (Å²) in [6.07, 6.45) is 6.08. The van der Waals surface area contributed by atoms with Gasteiger partial charge in [-0.25, -0.2) is 0 Å². The highest BCUT2D eigenvalue weighted by Gasteiger charge is 2.44. The van der Waals surface area contributed by atoms with Crippen LogP contribution in [-0.4, -0.2) is 5.78 Å². The molecule has 1 unspecified atom stereocenters. The third-order valence-electron chi connectivity index (χ3n) is 3.63. The largest absolute Gasteiger partial charge is 0.300 e. The fourth-order valence-electron chi connectivity index (χ4n) is 2.77. The van der Waals surface area contributed by atoms with Crippen molar-refractivity contribution in [3.63, 3.8) is 0 Å². The second-order valence-electron chi connectivity index (χ2n) is 4.67. The van der Waals surface area contributed by atoms with Crippen molar-refractivity contribution in [2.45, 2.75) is 38.5 Å². The lowest BCUT2D eigenvalue weighted by Gasteiger charge is -2.46. The van der Waals surface area contributed by atoms with E-state index in [0.717, 1.165) is 12.8 Å². The quantitative estimate of drug-likeness (QED) is 0.672. The van der Waals surface area contributed by atoms with E-state index in [9.17, 15) is 4.79 Å². The monoisotopic (exact) mass is 232 g/mol. The maximum atomic E-state index is 11.6. The van der Waals surface area contributed by atoms with Gasteiger partial charge in [0.2, 0.25) is 0 Å². The lowest BCUT2D eigenvalue weighted by molar-refractivity contribution is -0.127. The molecule has 2 saturated carbocycles. The van der Waals surface area contributed by atoms with Gasteiger partial charge in [0.25, 0.3) is 0 Å². The van der Waals surface area contributed by atoms with E-state index in [-0.39, 0.29) is 5.92 Å². The van der Waals surface area contributed by atoms with Crippen molar-refractivity contribution in [2.24, 2.45) is 11.3 Å². The molecule has 2 fully saturated rings. The van der Waals surface area contributed by atoms with Crippen LogP contribution < -0.4 is 0 Å². The van der Waals surface area contributed by atoms with Crippen molar-refractivity contribution in [2.75, 3.05) is 0 Å². The third kappa shape index (κ3) is 1.85. The highest BCUT2D eigenvalue weighted by atomic mass is 35.5. The summed E-state index contributed by atoms with van der Waals surface area (Å²) in [6, 6.07) is 0. The molecule has 0 heterocycles. The molecule has 2 aliphatic rings. The zero-order valence-electron chi connectivity index (χ0n) is 8.06. The highest BCUT2D eigenvalue weighted by molar-refractivity contribution is 6.36. The van der Waals surface area contributed by atoms with E-state index in [1.165, 1.54) is 24.8 Å². The molecule has 2 aliphatic carbocycles. The van der Waals surface area contributed by atoms with E-state index in [0.29, 0.717) is 22.7 Å². The molecule has 0 aromatic rings. The molecular formula is C11H14Cl2O. The van der Waals surface area contributed by atoms with Crippen molar-refractivity contribution in [1.82, 2.24) is 0 Å². The van der Waals surface area contributed by atoms with Crippen LogP contribution in [0.25, 0.3) is 0 Å². The predicted molar refractivity (Wildman–Crippen MR) is 58.4 cm³/mol. The van der Waals surface area contributed by atoms with Gasteiger partial charge in [0.05, 0.1) is 0 Å². The lowest BCUT2D eigenvalue weighted by Crippen LogP contribution is -2.38. The minimum Gasteiger partial charge on any atom is -0.300 e. The summed E-state index contributed by atoms with van der Waals surface area (Å²) in [5.74, 6) is 0.549. The van der Waals surface area contributed by atoms with Crippen LogP contribution >= 0.6 is 23.2 Å². The maximum absolute atomic E-state index is 11.6. The predicted octanol–water partition coefficient (Wildman–Crippen LogP) is 3.84. The van der Waals surface area contributed by atoms with Crippen LogP contribution in [0.15, 0.2) is 10.6 Å². The number of hydrogen-bond donors (Lipinski definition) is 0. The number of carbonyl (C=O) groups excluding carboxylic acids is 1. The first-order chi connectivity index (χ1) is 6.65. The number of rotatable bonds is 1. The number of hydrogen-bond acceptors (Lipinski definition) is 1. The van der Waals surface area contributed by atoms with Crippen LogP contribution in [0, 0.1) is 11.3 Å². The molecule has 1 nitrogen and oxygen atoms in total. The van der Waals surface area contributed by atoms with E-state index in [2.05, 4.69) is 0 Å². The van der Waals surface area contributed by atoms with Crippen LogP contribution in [0.4, 0.5) is 0 Å². The molecule has 0 aromatic carbocycles. The fourth-order valence-corrected chi connectivity index (χ4v) is 3.11. The Morgan fingerprint density at radius 1 is 1.50 bits per heavy atom. The number of allylic oxidation sites excluding steroid dienone is 1. The molecular weight excluding hydrogens is 219 g/mol. The molecule has 0 saturated heterocycles. The van der Waals surface area contributed by atoms with Crippen molar-refractivity contribution >= 4 is 29.0 Å². The van der Waals surface area contributed by atoms with Gasteiger partial charge in [-0.2, -0.15) is 0 Å². The molecule has 3 heteroatoms. The van der Waals surface area contributed by atoms with Crippen molar-refractivity contribution in [3.8, 4) is 0 Å². The molecule has 0 amide bonds. The molecule has 14 heavy (non-hydrogen) atoms. The average Bonchev–Trinajstić information content (AvgIpc) is 2.13. The summed E-state index contributed by atoms with van der Waals surface area (Å²) in [7, 11) is 0. The molecule has 0 aromatic heterocycles. The molecule has 0 bridgehead atoms. The minimum absolute atomic E-state index is 0.190. The summed E-state index contributed by atoms with van der Waals surface area (Å²) in [5, 5.41) is 0.658. The van der Waals surface area contributed by atoms with Gasteiger partial charge in [-0.3, -0.25) is 4.79 Å². The van der Waals surface area contributed by atoms with Gasteiger partial charge in [-0.1, -0.05) is 29.6 Å². The Balaban J connectivity index is 2.10. The number of ketones is 1. The fraction of sp³-hybridized carbons (Fsp3) is 0.727. The standard InChI is InChI=1S/C11H14Cl2O/c12-7-10(13)8-4-9(14)6-11(5-8)2-1-3-11/h7-8H,1-6H2/b10-7-. The van der Waals surface area contributed by atoms with E-state index in [1.54, 1.807) is 0 Å². The van der Waals surface area contributed by atoms with Crippen molar-refractivity contribution in [3.05, 3.63) is 10.6 Å². The summed E-state index contributed by atoms with van der Waals surface area (Å²) in [5.41, 5.74) is 1.71. The van der Waals surface area contributed by atoms with E-state index >= 15 is 0 Å². The van der Waals surface area contributed by atoms with Crippen LogP contribution in [0.3, 0.4) is 0 Å². The van der Waals surface area contributed by atoms with Gasteiger partial charge in [-0.15, -0.1) is 0 Å². The maximum Gasteiger partial charge on any atom is 0.134 e. The zero-order valence-corrected chi connectivity index (χ0v) is 9.57. The number of halogens is 2. The number of Topliss-reactive ketones (excluding diaryl/α,β-unsaturated/α-hetero) is 1. The molecule has 0 N–H and O–H groups in total. The summed E-state index contributed by atoms with van der Waals surface area (Å²) >= 11 is 11.6. The van der Waals surface area contributed by atoms with Crippen molar-refractivity contribution in [1.29, 1.82) is 0 Å². The Kier molecular flexibility index (Phi) is 2.90. The van der Waals surface area contributed by atoms with Gasteiger partial charge in [0.15, 0.2) is 0 Å².